The van der Waals surface area contributed by atoms with E-state index in [2.05, 4.69) is 4.74 Å². The number of nitro groups is 1. The number of hydrogen-bond donors (Lipinski definition) is 0. The lowest BCUT2D eigenvalue weighted by molar-refractivity contribution is -0.385. The van der Waals surface area contributed by atoms with Crippen LogP contribution >= 0.6 is 11.6 Å². The van der Waals surface area contributed by atoms with Crippen molar-refractivity contribution >= 4 is 23.3 Å². The van der Waals surface area contributed by atoms with Gasteiger partial charge in [-0.05, 0) is 13.0 Å². The van der Waals surface area contributed by atoms with Gasteiger partial charge in [-0.2, -0.15) is 13.2 Å². The summed E-state index contributed by atoms with van der Waals surface area (Å²) in [6.07, 6.45) is -4.84. The van der Waals surface area contributed by atoms with Gasteiger partial charge in [-0.3, -0.25) is 10.1 Å². The van der Waals surface area contributed by atoms with Crippen LogP contribution in [0.1, 0.15) is 22.8 Å². The van der Waals surface area contributed by atoms with E-state index in [1.165, 1.54) is 6.92 Å². The van der Waals surface area contributed by atoms with Gasteiger partial charge in [-0.15, -0.1) is 0 Å². The SMILES string of the molecule is CCOC(=O)c1cc(C(F)(F)F)cc([N+](=O)[O-])c1Cl. The van der Waals surface area contributed by atoms with Crippen molar-refractivity contribution in [1.29, 1.82) is 0 Å². The molecular weight excluding hydrogens is 291 g/mol. The van der Waals surface area contributed by atoms with E-state index in [1.54, 1.807) is 0 Å². The summed E-state index contributed by atoms with van der Waals surface area (Å²) >= 11 is 5.55. The van der Waals surface area contributed by atoms with Gasteiger partial charge in [0.1, 0.15) is 5.02 Å². The summed E-state index contributed by atoms with van der Waals surface area (Å²) in [5, 5.41) is 9.95. The maximum Gasteiger partial charge on any atom is 0.416 e. The molecule has 0 unspecified atom stereocenters. The molecule has 9 heteroatoms. The molecule has 0 aliphatic rings. The molecule has 0 aliphatic carbocycles. The lowest BCUT2D eigenvalue weighted by Gasteiger charge is -2.10. The third kappa shape index (κ3) is 3.34. The summed E-state index contributed by atoms with van der Waals surface area (Å²) in [6, 6.07) is 0.693. The van der Waals surface area contributed by atoms with E-state index < -0.39 is 38.9 Å². The number of alkyl halides is 3. The summed E-state index contributed by atoms with van der Waals surface area (Å²) in [5.41, 5.74) is -3.03. The molecule has 0 saturated heterocycles. The van der Waals surface area contributed by atoms with Gasteiger partial charge in [0.2, 0.25) is 0 Å². The van der Waals surface area contributed by atoms with E-state index >= 15 is 0 Å². The van der Waals surface area contributed by atoms with Crippen molar-refractivity contribution in [2.24, 2.45) is 0 Å². The Hall–Kier alpha value is -1.83. The minimum Gasteiger partial charge on any atom is -0.462 e. The van der Waals surface area contributed by atoms with Crippen LogP contribution in [0.2, 0.25) is 5.02 Å². The molecule has 0 heterocycles. The Morgan fingerprint density at radius 1 is 1.47 bits per heavy atom. The van der Waals surface area contributed by atoms with Gasteiger partial charge < -0.3 is 4.74 Å². The van der Waals surface area contributed by atoms with Crippen LogP contribution in [-0.2, 0) is 10.9 Å². The third-order valence-corrected chi connectivity index (χ3v) is 2.47. The molecule has 0 aromatic heterocycles. The summed E-state index contributed by atoms with van der Waals surface area (Å²) < 4.78 is 42.2. The summed E-state index contributed by atoms with van der Waals surface area (Å²) in [7, 11) is 0. The second kappa shape index (κ2) is 5.43. The predicted octanol–water partition coefficient (Wildman–Crippen LogP) is 3.44. The van der Waals surface area contributed by atoms with Gasteiger partial charge in [0.05, 0.1) is 22.7 Å². The molecule has 5 nitrogen and oxygen atoms in total. The summed E-state index contributed by atoms with van der Waals surface area (Å²) in [5.74, 6) is -1.15. The zero-order valence-corrected chi connectivity index (χ0v) is 10.2. The van der Waals surface area contributed by atoms with E-state index in [0.717, 1.165) is 0 Å². The number of ether oxygens (including phenoxy) is 1. The normalized spacial score (nSPS) is 11.2. The number of nitro benzene ring substituents is 1. The number of rotatable bonds is 3. The molecule has 19 heavy (non-hydrogen) atoms. The molecule has 0 spiro atoms. The standard InChI is InChI=1S/C10H7ClF3NO4/c1-2-19-9(16)6-3-5(10(12,13)14)4-7(8(6)11)15(17)18/h3-4H,2H2,1H3. The van der Waals surface area contributed by atoms with Gasteiger partial charge in [-0.1, -0.05) is 11.6 Å². The maximum absolute atomic E-state index is 12.6. The van der Waals surface area contributed by atoms with Crippen molar-refractivity contribution in [1.82, 2.24) is 0 Å². The highest BCUT2D eigenvalue weighted by Gasteiger charge is 2.35. The van der Waals surface area contributed by atoms with Gasteiger partial charge in [0, 0.05) is 6.07 Å². The second-order valence-corrected chi connectivity index (χ2v) is 3.71. The minimum atomic E-state index is -4.84. The predicted molar refractivity (Wildman–Crippen MR) is 59.1 cm³/mol. The van der Waals surface area contributed by atoms with Crippen molar-refractivity contribution in [3.05, 3.63) is 38.4 Å². The lowest BCUT2D eigenvalue weighted by atomic mass is 10.1. The molecule has 1 rings (SSSR count). The van der Waals surface area contributed by atoms with Crippen molar-refractivity contribution in [2.75, 3.05) is 6.61 Å². The summed E-state index contributed by atoms with van der Waals surface area (Å²) in [4.78, 5) is 21.0. The van der Waals surface area contributed by atoms with Gasteiger partial charge in [-0.25, -0.2) is 4.79 Å². The third-order valence-electron chi connectivity index (χ3n) is 2.07. The fourth-order valence-electron chi connectivity index (χ4n) is 1.26. The van der Waals surface area contributed by atoms with Crippen molar-refractivity contribution in [2.45, 2.75) is 13.1 Å². The van der Waals surface area contributed by atoms with Crippen LogP contribution in [-0.4, -0.2) is 17.5 Å². The zero-order valence-electron chi connectivity index (χ0n) is 9.45. The van der Waals surface area contributed by atoms with Crippen molar-refractivity contribution in [3.8, 4) is 0 Å². The van der Waals surface area contributed by atoms with E-state index in [1.807, 2.05) is 0 Å². The Balaban J connectivity index is 3.49. The topological polar surface area (TPSA) is 69.4 Å². The number of hydrogen-bond acceptors (Lipinski definition) is 4. The number of esters is 1. The Bertz CT molecular complexity index is 530. The molecular formula is C10H7ClF3NO4. The van der Waals surface area contributed by atoms with Crippen LogP contribution in [0.5, 0.6) is 0 Å². The number of carbonyl (C=O) groups excluding carboxylic acids is 1. The molecule has 0 radical (unpaired) electrons. The number of benzene rings is 1. The Morgan fingerprint density at radius 2 is 2.05 bits per heavy atom. The zero-order chi connectivity index (χ0) is 14.8. The van der Waals surface area contributed by atoms with Crippen LogP contribution in [0, 0.1) is 10.1 Å². The largest absolute Gasteiger partial charge is 0.462 e. The minimum absolute atomic E-state index is 0.0980. The highest BCUT2D eigenvalue weighted by Crippen LogP contribution is 2.37. The van der Waals surface area contributed by atoms with Crippen LogP contribution in [0.25, 0.3) is 0 Å². The molecule has 0 amide bonds. The second-order valence-electron chi connectivity index (χ2n) is 3.33. The van der Waals surface area contributed by atoms with E-state index in [-0.39, 0.29) is 12.7 Å². The monoisotopic (exact) mass is 297 g/mol. The van der Waals surface area contributed by atoms with Crippen LogP contribution in [0.15, 0.2) is 12.1 Å². The fraction of sp³-hybridized carbons (Fsp3) is 0.300. The van der Waals surface area contributed by atoms with Crippen molar-refractivity contribution in [3.63, 3.8) is 0 Å². The molecule has 0 aliphatic heterocycles. The highest BCUT2D eigenvalue weighted by atomic mass is 35.5. The molecule has 0 fully saturated rings. The number of nitrogens with zero attached hydrogens (tertiary/aromatic N) is 1. The number of halogens is 4. The van der Waals surface area contributed by atoms with E-state index in [0.29, 0.717) is 6.07 Å². The van der Waals surface area contributed by atoms with Crippen LogP contribution in [0.3, 0.4) is 0 Å². The molecule has 0 saturated carbocycles. The Labute approximate surface area is 110 Å². The molecule has 104 valence electrons. The first-order valence-electron chi connectivity index (χ1n) is 4.90. The van der Waals surface area contributed by atoms with Gasteiger partial charge >= 0.3 is 12.1 Å². The van der Waals surface area contributed by atoms with Crippen molar-refractivity contribution < 1.29 is 27.6 Å². The molecule has 0 bridgehead atoms. The fourth-order valence-corrected chi connectivity index (χ4v) is 1.52. The average Bonchev–Trinajstić information content (AvgIpc) is 2.27. The maximum atomic E-state index is 12.6. The first-order chi connectivity index (χ1) is 8.68. The molecule has 1 aromatic carbocycles. The summed E-state index contributed by atoms with van der Waals surface area (Å²) in [6.45, 7) is 1.34. The first kappa shape index (κ1) is 15.2. The van der Waals surface area contributed by atoms with Gasteiger partial charge in [0.25, 0.3) is 5.69 Å². The van der Waals surface area contributed by atoms with E-state index in [4.69, 9.17) is 11.6 Å². The highest BCUT2D eigenvalue weighted by molar-refractivity contribution is 6.35. The van der Waals surface area contributed by atoms with Crippen LogP contribution < -0.4 is 0 Å². The molecule has 0 N–H and O–H groups in total. The van der Waals surface area contributed by atoms with Gasteiger partial charge in [0.15, 0.2) is 0 Å². The Kier molecular flexibility index (Phi) is 4.35. The lowest BCUT2D eigenvalue weighted by Crippen LogP contribution is -2.12. The smallest absolute Gasteiger partial charge is 0.416 e. The number of carbonyl (C=O) groups is 1. The quantitative estimate of drug-likeness (QED) is 0.487. The Morgan fingerprint density at radius 3 is 2.47 bits per heavy atom. The molecule has 0 atom stereocenters. The van der Waals surface area contributed by atoms with Crippen LogP contribution in [0.4, 0.5) is 18.9 Å². The molecule has 1 aromatic rings. The first-order valence-corrected chi connectivity index (χ1v) is 5.28. The average molecular weight is 298 g/mol. The van der Waals surface area contributed by atoms with E-state index in [9.17, 15) is 28.1 Å².